The molecule has 0 amide bonds. The van der Waals surface area contributed by atoms with E-state index in [2.05, 4.69) is 21.4 Å². The van der Waals surface area contributed by atoms with Gasteiger partial charge in [-0.25, -0.2) is 4.98 Å². The minimum atomic E-state index is 0.655. The van der Waals surface area contributed by atoms with Gasteiger partial charge in [-0.1, -0.05) is 12.1 Å². The van der Waals surface area contributed by atoms with Crippen molar-refractivity contribution in [3.63, 3.8) is 0 Å². The van der Waals surface area contributed by atoms with Gasteiger partial charge in [0.2, 0.25) is 5.88 Å². The van der Waals surface area contributed by atoms with Gasteiger partial charge >= 0.3 is 0 Å². The Kier molecular flexibility index (Phi) is 4.59. The van der Waals surface area contributed by atoms with E-state index in [0.717, 1.165) is 24.1 Å². The second-order valence-electron chi connectivity index (χ2n) is 4.64. The standard InChI is InChI=1S/C17H16N2OS/c1-2-10-18-15(5-1)6-3-11-20-17-9-8-14(13-19-17)16-7-4-12-21-16/h1-2,4-5,7-10,12-13H,3,6,11H2. The van der Waals surface area contributed by atoms with Crippen LogP contribution in [0.2, 0.25) is 0 Å². The van der Waals surface area contributed by atoms with Crippen LogP contribution in [0.1, 0.15) is 12.1 Å². The molecule has 0 N–H and O–H groups in total. The SMILES string of the molecule is c1ccc(CCCOc2ccc(-c3cccs3)cn2)nc1. The second-order valence-corrected chi connectivity index (χ2v) is 5.58. The molecule has 0 atom stereocenters. The molecule has 0 bridgehead atoms. The average molecular weight is 296 g/mol. The molecule has 0 unspecified atom stereocenters. The molecule has 0 aliphatic heterocycles. The molecule has 3 nitrogen and oxygen atoms in total. The number of ether oxygens (including phenoxy) is 1. The Morgan fingerprint density at radius 2 is 2.00 bits per heavy atom. The Labute approximate surface area is 128 Å². The van der Waals surface area contributed by atoms with Crippen molar-refractivity contribution in [2.24, 2.45) is 0 Å². The zero-order chi connectivity index (χ0) is 14.3. The molecule has 0 aliphatic rings. The highest BCUT2D eigenvalue weighted by Gasteiger charge is 2.01. The number of pyridine rings is 2. The fourth-order valence-corrected chi connectivity index (χ4v) is 2.75. The first kappa shape index (κ1) is 13.8. The third kappa shape index (κ3) is 3.89. The lowest BCUT2D eigenvalue weighted by atomic mass is 10.2. The van der Waals surface area contributed by atoms with E-state index in [0.29, 0.717) is 12.5 Å². The number of aromatic nitrogens is 2. The van der Waals surface area contributed by atoms with Crippen LogP contribution in [-0.4, -0.2) is 16.6 Å². The molecule has 3 heterocycles. The molecule has 106 valence electrons. The molecule has 0 saturated carbocycles. The Balaban J connectivity index is 1.47. The van der Waals surface area contributed by atoms with E-state index in [9.17, 15) is 0 Å². The molecule has 0 saturated heterocycles. The minimum absolute atomic E-state index is 0.655. The van der Waals surface area contributed by atoms with Crippen LogP contribution in [0.5, 0.6) is 5.88 Å². The highest BCUT2D eigenvalue weighted by molar-refractivity contribution is 7.13. The zero-order valence-corrected chi connectivity index (χ0v) is 12.4. The van der Waals surface area contributed by atoms with Crippen molar-refractivity contribution in [1.29, 1.82) is 0 Å². The van der Waals surface area contributed by atoms with Gasteiger partial charge in [-0.05, 0) is 42.5 Å². The summed E-state index contributed by atoms with van der Waals surface area (Å²) in [7, 11) is 0. The third-order valence-corrected chi connectivity index (χ3v) is 4.01. The van der Waals surface area contributed by atoms with Crippen molar-refractivity contribution in [2.75, 3.05) is 6.61 Å². The maximum atomic E-state index is 5.66. The van der Waals surface area contributed by atoms with Crippen LogP contribution in [0.15, 0.2) is 60.2 Å². The van der Waals surface area contributed by atoms with Crippen LogP contribution in [0.4, 0.5) is 0 Å². The summed E-state index contributed by atoms with van der Waals surface area (Å²) in [4.78, 5) is 9.87. The van der Waals surface area contributed by atoms with Crippen molar-refractivity contribution in [3.8, 4) is 16.3 Å². The summed E-state index contributed by atoms with van der Waals surface area (Å²) in [5.41, 5.74) is 2.23. The van der Waals surface area contributed by atoms with Gasteiger partial charge in [0, 0.05) is 34.6 Å². The predicted molar refractivity (Wildman–Crippen MR) is 85.6 cm³/mol. The van der Waals surface area contributed by atoms with Gasteiger partial charge in [-0.3, -0.25) is 4.98 Å². The first-order valence-corrected chi connectivity index (χ1v) is 7.82. The first-order chi connectivity index (χ1) is 10.4. The molecular formula is C17H16N2OS. The van der Waals surface area contributed by atoms with Crippen molar-refractivity contribution in [2.45, 2.75) is 12.8 Å². The summed E-state index contributed by atoms with van der Waals surface area (Å²) in [6, 6.07) is 14.1. The Hall–Kier alpha value is -2.20. The number of hydrogen-bond acceptors (Lipinski definition) is 4. The van der Waals surface area contributed by atoms with E-state index >= 15 is 0 Å². The van der Waals surface area contributed by atoms with Gasteiger partial charge < -0.3 is 4.74 Å². The molecule has 3 aromatic rings. The van der Waals surface area contributed by atoms with Crippen molar-refractivity contribution in [3.05, 3.63) is 65.9 Å². The molecule has 21 heavy (non-hydrogen) atoms. The number of aryl methyl sites for hydroxylation is 1. The summed E-state index contributed by atoms with van der Waals surface area (Å²) >= 11 is 1.71. The van der Waals surface area contributed by atoms with Gasteiger partial charge in [0.25, 0.3) is 0 Å². The molecule has 3 rings (SSSR count). The van der Waals surface area contributed by atoms with E-state index in [1.165, 1.54) is 4.88 Å². The summed E-state index contributed by atoms with van der Waals surface area (Å²) in [6.07, 6.45) is 5.54. The molecule has 0 radical (unpaired) electrons. The summed E-state index contributed by atoms with van der Waals surface area (Å²) in [6.45, 7) is 0.655. The smallest absolute Gasteiger partial charge is 0.213 e. The van der Waals surface area contributed by atoms with Gasteiger partial charge in [-0.2, -0.15) is 0 Å². The van der Waals surface area contributed by atoms with Gasteiger partial charge in [0.05, 0.1) is 6.61 Å². The monoisotopic (exact) mass is 296 g/mol. The predicted octanol–water partition coefficient (Wildman–Crippen LogP) is 4.22. The van der Waals surface area contributed by atoms with E-state index in [1.807, 2.05) is 48.8 Å². The maximum absolute atomic E-state index is 5.66. The zero-order valence-electron chi connectivity index (χ0n) is 11.6. The summed E-state index contributed by atoms with van der Waals surface area (Å²) in [5, 5.41) is 2.07. The number of thiophene rings is 1. The minimum Gasteiger partial charge on any atom is -0.478 e. The molecule has 4 heteroatoms. The summed E-state index contributed by atoms with van der Waals surface area (Å²) in [5.74, 6) is 0.677. The van der Waals surface area contributed by atoms with Crippen LogP contribution in [0, 0.1) is 0 Å². The lowest BCUT2D eigenvalue weighted by Gasteiger charge is -2.05. The molecular weight excluding hydrogens is 280 g/mol. The fourth-order valence-electron chi connectivity index (χ4n) is 2.03. The quantitative estimate of drug-likeness (QED) is 0.639. The van der Waals surface area contributed by atoms with E-state index in [4.69, 9.17) is 4.74 Å². The van der Waals surface area contributed by atoms with Crippen LogP contribution in [0.3, 0.4) is 0 Å². The lowest BCUT2D eigenvalue weighted by Crippen LogP contribution is -2.01. The average Bonchev–Trinajstić information content (AvgIpc) is 3.08. The van der Waals surface area contributed by atoms with E-state index in [1.54, 1.807) is 11.3 Å². The van der Waals surface area contributed by atoms with Crippen molar-refractivity contribution >= 4 is 11.3 Å². The third-order valence-electron chi connectivity index (χ3n) is 3.10. The van der Waals surface area contributed by atoms with Crippen LogP contribution < -0.4 is 4.74 Å². The highest BCUT2D eigenvalue weighted by Crippen LogP contribution is 2.24. The Morgan fingerprint density at radius 3 is 2.71 bits per heavy atom. The topological polar surface area (TPSA) is 35.0 Å². The number of hydrogen-bond donors (Lipinski definition) is 0. The van der Waals surface area contributed by atoms with Crippen molar-refractivity contribution in [1.82, 2.24) is 9.97 Å². The second kappa shape index (κ2) is 6.99. The van der Waals surface area contributed by atoms with Gasteiger partial charge in [0.15, 0.2) is 0 Å². The maximum Gasteiger partial charge on any atom is 0.213 e. The molecule has 3 aromatic heterocycles. The molecule has 0 spiro atoms. The molecule has 0 aromatic carbocycles. The van der Waals surface area contributed by atoms with Crippen molar-refractivity contribution < 1.29 is 4.74 Å². The van der Waals surface area contributed by atoms with Gasteiger partial charge in [0.1, 0.15) is 0 Å². The summed E-state index contributed by atoms with van der Waals surface area (Å²) < 4.78 is 5.66. The Morgan fingerprint density at radius 1 is 1.00 bits per heavy atom. The molecule has 0 aliphatic carbocycles. The number of nitrogens with zero attached hydrogens (tertiary/aromatic N) is 2. The first-order valence-electron chi connectivity index (χ1n) is 6.94. The molecule has 0 fully saturated rings. The fraction of sp³-hybridized carbons (Fsp3) is 0.176. The lowest BCUT2D eigenvalue weighted by molar-refractivity contribution is 0.299. The normalized spacial score (nSPS) is 10.5. The highest BCUT2D eigenvalue weighted by atomic mass is 32.1. The Bertz CT molecular complexity index is 651. The van der Waals surface area contributed by atoms with Crippen LogP contribution in [0.25, 0.3) is 10.4 Å². The van der Waals surface area contributed by atoms with Crippen LogP contribution >= 0.6 is 11.3 Å². The number of rotatable bonds is 6. The van der Waals surface area contributed by atoms with Gasteiger partial charge in [-0.15, -0.1) is 11.3 Å². The van der Waals surface area contributed by atoms with Crippen LogP contribution in [-0.2, 0) is 6.42 Å². The van der Waals surface area contributed by atoms with E-state index in [-0.39, 0.29) is 0 Å². The van der Waals surface area contributed by atoms with E-state index < -0.39 is 0 Å². The largest absolute Gasteiger partial charge is 0.478 e.